The predicted octanol–water partition coefficient (Wildman–Crippen LogP) is 3.96. The Bertz CT molecular complexity index is 628. The summed E-state index contributed by atoms with van der Waals surface area (Å²) in [6.45, 7) is 2.23. The molecule has 2 rings (SSSR count). The maximum absolute atomic E-state index is 12.9. The van der Waals surface area contributed by atoms with Gasteiger partial charge in [-0.2, -0.15) is 0 Å². The summed E-state index contributed by atoms with van der Waals surface area (Å²) in [4.78, 5) is 13.9. The Morgan fingerprint density at radius 2 is 1.90 bits per heavy atom. The molecule has 0 atom stereocenters. The third kappa shape index (κ3) is 2.99. The SMILES string of the molecule is CCN(C(=O)c1ccc(Br)cc1O)c1ccc(F)cc1. The molecular formula is C15H13BrFNO2. The van der Waals surface area contributed by atoms with Gasteiger partial charge in [-0.1, -0.05) is 15.9 Å². The van der Waals surface area contributed by atoms with Gasteiger partial charge >= 0.3 is 0 Å². The van der Waals surface area contributed by atoms with E-state index in [4.69, 9.17) is 0 Å². The van der Waals surface area contributed by atoms with Crippen molar-refractivity contribution < 1.29 is 14.3 Å². The first-order valence-corrected chi connectivity index (χ1v) is 6.88. The molecule has 1 amide bonds. The summed E-state index contributed by atoms with van der Waals surface area (Å²) >= 11 is 3.23. The van der Waals surface area contributed by atoms with E-state index in [1.54, 1.807) is 12.1 Å². The summed E-state index contributed by atoms with van der Waals surface area (Å²) in [5.74, 6) is -0.780. The second-order valence-electron chi connectivity index (χ2n) is 4.19. The van der Waals surface area contributed by atoms with Crippen molar-refractivity contribution >= 4 is 27.5 Å². The van der Waals surface area contributed by atoms with Gasteiger partial charge in [0.2, 0.25) is 0 Å². The average Bonchev–Trinajstić information content (AvgIpc) is 2.41. The van der Waals surface area contributed by atoms with Crippen LogP contribution in [-0.4, -0.2) is 17.6 Å². The zero-order valence-corrected chi connectivity index (χ0v) is 12.4. The van der Waals surface area contributed by atoms with Gasteiger partial charge in [0.15, 0.2) is 0 Å². The number of hydrogen-bond donors (Lipinski definition) is 1. The number of phenols is 1. The van der Waals surface area contributed by atoms with E-state index in [2.05, 4.69) is 15.9 Å². The van der Waals surface area contributed by atoms with E-state index >= 15 is 0 Å². The van der Waals surface area contributed by atoms with Gasteiger partial charge < -0.3 is 10.0 Å². The number of nitrogens with zero attached hydrogens (tertiary/aromatic N) is 1. The third-order valence-corrected chi connectivity index (χ3v) is 3.38. The lowest BCUT2D eigenvalue weighted by atomic mass is 10.1. The van der Waals surface area contributed by atoms with Crippen molar-refractivity contribution in [1.82, 2.24) is 0 Å². The van der Waals surface area contributed by atoms with Crippen LogP contribution < -0.4 is 4.90 Å². The van der Waals surface area contributed by atoms with Crippen LogP contribution >= 0.6 is 15.9 Å². The number of amides is 1. The Morgan fingerprint density at radius 1 is 1.25 bits per heavy atom. The van der Waals surface area contributed by atoms with E-state index in [1.165, 1.54) is 35.2 Å². The van der Waals surface area contributed by atoms with Crippen LogP contribution in [0.5, 0.6) is 5.75 Å². The van der Waals surface area contributed by atoms with Crippen molar-refractivity contribution in [3.8, 4) is 5.75 Å². The minimum Gasteiger partial charge on any atom is -0.507 e. The normalized spacial score (nSPS) is 10.3. The van der Waals surface area contributed by atoms with E-state index < -0.39 is 0 Å². The highest BCUT2D eigenvalue weighted by Gasteiger charge is 2.19. The number of anilines is 1. The molecule has 0 aliphatic rings. The fourth-order valence-corrected chi connectivity index (χ4v) is 2.24. The second kappa shape index (κ2) is 6.05. The molecule has 104 valence electrons. The van der Waals surface area contributed by atoms with E-state index in [1.807, 2.05) is 6.92 Å². The summed E-state index contributed by atoms with van der Waals surface area (Å²) in [6, 6.07) is 10.4. The molecule has 2 aromatic carbocycles. The molecule has 0 aliphatic carbocycles. The molecule has 2 aromatic rings. The van der Waals surface area contributed by atoms with Gasteiger partial charge in [0, 0.05) is 16.7 Å². The fourth-order valence-electron chi connectivity index (χ4n) is 1.90. The Labute approximate surface area is 124 Å². The zero-order chi connectivity index (χ0) is 14.7. The number of phenolic OH excluding ortho intramolecular Hbond substituents is 1. The topological polar surface area (TPSA) is 40.5 Å². The maximum atomic E-state index is 12.9. The molecule has 0 heterocycles. The molecule has 0 radical (unpaired) electrons. The summed E-state index contributed by atoms with van der Waals surface area (Å²) in [5.41, 5.74) is 0.792. The van der Waals surface area contributed by atoms with Crippen LogP contribution in [0.3, 0.4) is 0 Å². The maximum Gasteiger partial charge on any atom is 0.262 e. The number of carbonyl (C=O) groups is 1. The highest BCUT2D eigenvalue weighted by atomic mass is 79.9. The minimum atomic E-state index is -0.358. The van der Waals surface area contributed by atoms with Crippen molar-refractivity contribution in [2.45, 2.75) is 6.92 Å². The molecule has 3 nitrogen and oxygen atoms in total. The molecule has 0 bridgehead atoms. The Hall–Kier alpha value is -1.88. The third-order valence-electron chi connectivity index (χ3n) is 2.89. The van der Waals surface area contributed by atoms with Crippen molar-refractivity contribution in [2.24, 2.45) is 0 Å². The largest absolute Gasteiger partial charge is 0.507 e. The lowest BCUT2D eigenvalue weighted by Gasteiger charge is -2.21. The van der Waals surface area contributed by atoms with Crippen molar-refractivity contribution in [2.75, 3.05) is 11.4 Å². The van der Waals surface area contributed by atoms with E-state index in [0.717, 1.165) is 0 Å². The Kier molecular flexibility index (Phi) is 4.39. The molecule has 1 N–H and O–H groups in total. The van der Waals surface area contributed by atoms with Crippen molar-refractivity contribution in [3.05, 3.63) is 58.3 Å². The van der Waals surface area contributed by atoms with Crippen LogP contribution in [0.4, 0.5) is 10.1 Å². The lowest BCUT2D eigenvalue weighted by molar-refractivity contribution is 0.0985. The molecule has 0 aromatic heterocycles. The summed E-state index contributed by atoms with van der Waals surface area (Å²) in [7, 11) is 0. The lowest BCUT2D eigenvalue weighted by Crippen LogP contribution is -2.30. The van der Waals surface area contributed by atoms with Crippen LogP contribution in [0.15, 0.2) is 46.9 Å². The molecule has 0 fully saturated rings. The Morgan fingerprint density at radius 3 is 2.45 bits per heavy atom. The van der Waals surface area contributed by atoms with Gasteiger partial charge in [-0.25, -0.2) is 4.39 Å². The fraction of sp³-hybridized carbons (Fsp3) is 0.133. The highest BCUT2D eigenvalue weighted by Crippen LogP contribution is 2.25. The van der Waals surface area contributed by atoms with Crippen LogP contribution in [0.2, 0.25) is 0 Å². The van der Waals surface area contributed by atoms with Gasteiger partial charge in [-0.05, 0) is 49.4 Å². The van der Waals surface area contributed by atoms with Gasteiger partial charge in [0.05, 0.1) is 5.56 Å². The number of aromatic hydroxyl groups is 1. The van der Waals surface area contributed by atoms with Crippen molar-refractivity contribution in [3.63, 3.8) is 0 Å². The van der Waals surface area contributed by atoms with Gasteiger partial charge in [0.25, 0.3) is 5.91 Å². The van der Waals surface area contributed by atoms with Crippen LogP contribution in [0, 0.1) is 5.82 Å². The Balaban J connectivity index is 2.36. The molecule has 20 heavy (non-hydrogen) atoms. The quantitative estimate of drug-likeness (QED) is 0.920. The summed E-state index contributed by atoms with van der Waals surface area (Å²) in [5, 5.41) is 9.86. The number of carbonyl (C=O) groups excluding carboxylic acids is 1. The predicted molar refractivity (Wildman–Crippen MR) is 79.6 cm³/mol. The van der Waals surface area contributed by atoms with Gasteiger partial charge in [0.1, 0.15) is 11.6 Å². The highest BCUT2D eigenvalue weighted by molar-refractivity contribution is 9.10. The van der Waals surface area contributed by atoms with Gasteiger partial charge in [-0.15, -0.1) is 0 Å². The first kappa shape index (κ1) is 14.5. The molecular weight excluding hydrogens is 325 g/mol. The summed E-state index contributed by atoms with van der Waals surface area (Å²) in [6.07, 6.45) is 0. The van der Waals surface area contributed by atoms with Crippen molar-refractivity contribution in [1.29, 1.82) is 0 Å². The second-order valence-corrected chi connectivity index (χ2v) is 5.10. The number of rotatable bonds is 3. The van der Waals surface area contributed by atoms with Gasteiger partial charge in [-0.3, -0.25) is 4.79 Å². The number of benzene rings is 2. The molecule has 0 saturated carbocycles. The summed E-state index contributed by atoms with van der Waals surface area (Å²) < 4.78 is 13.6. The molecule has 0 saturated heterocycles. The smallest absolute Gasteiger partial charge is 0.262 e. The minimum absolute atomic E-state index is 0.0927. The monoisotopic (exact) mass is 337 g/mol. The van der Waals surface area contributed by atoms with Crippen LogP contribution in [0.1, 0.15) is 17.3 Å². The van der Waals surface area contributed by atoms with E-state index in [-0.39, 0.29) is 23.0 Å². The molecule has 5 heteroatoms. The zero-order valence-electron chi connectivity index (χ0n) is 10.8. The van der Waals surface area contributed by atoms with Crippen LogP contribution in [0.25, 0.3) is 0 Å². The first-order chi connectivity index (χ1) is 9.52. The van der Waals surface area contributed by atoms with Crippen LogP contribution in [-0.2, 0) is 0 Å². The average molecular weight is 338 g/mol. The number of halogens is 2. The van der Waals surface area contributed by atoms with E-state index in [0.29, 0.717) is 16.7 Å². The first-order valence-electron chi connectivity index (χ1n) is 6.09. The molecule has 0 spiro atoms. The standard InChI is InChI=1S/C15H13BrFNO2/c1-2-18(12-6-4-11(17)5-7-12)15(20)13-8-3-10(16)9-14(13)19/h3-9,19H,2H2,1H3. The number of hydrogen-bond acceptors (Lipinski definition) is 2. The van der Waals surface area contributed by atoms with E-state index in [9.17, 15) is 14.3 Å². The molecule has 0 unspecified atom stereocenters. The molecule has 0 aliphatic heterocycles.